The van der Waals surface area contributed by atoms with Gasteiger partial charge in [0.25, 0.3) is 5.91 Å². The Morgan fingerprint density at radius 1 is 1.22 bits per heavy atom. The molecule has 0 N–H and O–H groups in total. The van der Waals surface area contributed by atoms with Gasteiger partial charge >= 0.3 is 0 Å². The fourth-order valence-corrected chi connectivity index (χ4v) is 4.83. The molecule has 1 amide bonds. The summed E-state index contributed by atoms with van der Waals surface area (Å²) in [5, 5.41) is 0.767. The van der Waals surface area contributed by atoms with E-state index in [9.17, 15) is 4.79 Å². The Balaban J connectivity index is 1.85. The van der Waals surface area contributed by atoms with Gasteiger partial charge < -0.3 is 9.64 Å². The van der Waals surface area contributed by atoms with Gasteiger partial charge in [-0.25, -0.2) is 0 Å². The van der Waals surface area contributed by atoms with Crippen LogP contribution in [0.1, 0.15) is 49.4 Å². The van der Waals surface area contributed by atoms with E-state index in [4.69, 9.17) is 27.9 Å². The molecule has 2 aliphatic rings. The first-order valence-electron chi connectivity index (χ1n) is 8.35. The van der Waals surface area contributed by atoms with Crippen LogP contribution in [0.4, 0.5) is 0 Å². The van der Waals surface area contributed by atoms with Crippen molar-refractivity contribution >= 4 is 29.1 Å². The number of piperidine rings is 1. The minimum atomic E-state index is 0.0423. The molecular formula is C18H23Cl2NO2. The third-order valence-electron chi connectivity index (χ3n) is 5.29. The van der Waals surface area contributed by atoms with Crippen LogP contribution in [0.2, 0.25) is 10.0 Å². The Morgan fingerprint density at radius 2 is 1.91 bits per heavy atom. The Kier molecular flexibility index (Phi) is 5.07. The van der Waals surface area contributed by atoms with Gasteiger partial charge in [-0.2, -0.15) is 0 Å². The number of carbonyl (C=O) groups is 1. The van der Waals surface area contributed by atoms with Crippen molar-refractivity contribution in [3.05, 3.63) is 27.7 Å². The fourth-order valence-electron chi connectivity index (χ4n) is 4.19. The molecule has 23 heavy (non-hydrogen) atoms. The van der Waals surface area contributed by atoms with Crippen molar-refractivity contribution < 1.29 is 9.53 Å². The van der Waals surface area contributed by atoms with Crippen LogP contribution >= 0.6 is 23.2 Å². The maximum absolute atomic E-state index is 13.0. The van der Waals surface area contributed by atoms with Gasteiger partial charge in [0, 0.05) is 18.2 Å². The average molecular weight is 356 g/mol. The van der Waals surface area contributed by atoms with Crippen LogP contribution in [-0.2, 0) is 0 Å². The Bertz CT molecular complexity index is 582. The molecule has 1 saturated heterocycles. The van der Waals surface area contributed by atoms with Crippen molar-refractivity contribution in [1.29, 1.82) is 0 Å². The van der Waals surface area contributed by atoms with Gasteiger partial charge in [0.2, 0.25) is 0 Å². The van der Waals surface area contributed by atoms with E-state index in [1.165, 1.54) is 26.4 Å². The monoisotopic (exact) mass is 355 g/mol. The lowest BCUT2D eigenvalue weighted by Crippen LogP contribution is -2.50. The van der Waals surface area contributed by atoms with Crippen molar-refractivity contribution in [2.45, 2.75) is 45.1 Å². The summed E-state index contributed by atoms with van der Waals surface area (Å²) >= 11 is 12.4. The van der Waals surface area contributed by atoms with Crippen LogP contribution in [0.3, 0.4) is 0 Å². The lowest BCUT2D eigenvalue weighted by Gasteiger charge is -2.45. The minimum absolute atomic E-state index is 0.0423. The van der Waals surface area contributed by atoms with E-state index in [0.29, 0.717) is 33.3 Å². The van der Waals surface area contributed by atoms with E-state index < -0.39 is 0 Å². The molecule has 0 unspecified atom stereocenters. The van der Waals surface area contributed by atoms with Crippen LogP contribution in [0.25, 0.3) is 0 Å². The summed E-state index contributed by atoms with van der Waals surface area (Å²) in [6, 6.07) is 3.71. The SMILES string of the molecule is COc1c(Cl)cc(C(=O)N2CCC[C@@H]3C[C@@H](C)CC[C@H]32)cc1Cl. The number of methoxy groups -OCH3 is 1. The second-order valence-electron chi connectivity index (χ2n) is 6.86. The summed E-state index contributed by atoms with van der Waals surface area (Å²) in [6.07, 6.45) is 5.86. The highest BCUT2D eigenvalue weighted by atomic mass is 35.5. The van der Waals surface area contributed by atoms with Crippen LogP contribution in [-0.4, -0.2) is 30.5 Å². The smallest absolute Gasteiger partial charge is 0.254 e. The molecule has 3 rings (SSSR count). The number of hydrogen-bond acceptors (Lipinski definition) is 2. The number of benzene rings is 1. The molecule has 1 heterocycles. The second kappa shape index (κ2) is 6.90. The number of likely N-dealkylation sites (tertiary alicyclic amines) is 1. The van der Waals surface area contributed by atoms with Gasteiger partial charge in [-0.15, -0.1) is 0 Å². The molecule has 1 aromatic carbocycles. The second-order valence-corrected chi connectivity index (χ2v) is 7.67. The summed E-state index contributed by atoms with van der Waals surface area (Å²) in [6.45, 7) is 3.15. The molecule has 2 fully saturated rings. The molecule has 0 radical (unpaired) electrons. The molecule has 0 aromatic heterocycles. The third kappa shape index (κ3) is 3.32. The topological polar surface area (TPSA) is 29.5 Å². The normalized spacial score (nSPS) is 27.5. The molecule has 1 aliphatic carbocycles. The highest BCUT2D eigenvalue weighted by Crippen LogP contribution is 2.39. The molecule has 126 valence electrons. The summed E-state index contributed by atoms with van der Waals surface area (Å²) in [5.74, 6) is 1.88. The van der Waals surface area contributed by atoms with E-state index in [1.807, 2.05) is 0 Å². The van der Waals surface area contributed by atoms with Crippen LogP contribution in [0, 0.1) is 11.8 Å². The maximum Gasteiger partial charge on any atom is 0.254 e. The van der Waals surface area contributed by atoms with Crippen LogP contribution in [0.15, 0.2) is 12.1 Å². The van der Waals surface area contributed by atoms with Gasteiger partial charge in [-0.05, 0) is 56.1 Å². The minimum Gasteiger partial charge on any atom is -0.494 e. The lowest BCUT2D eigenvalue weighted by atomic mass is 9.74. The predicted octanol–water partition coefficient (Wildman–Crippen LogP) is 5.04. The number of rotatable bonds is 2. The van der Waals surface area contributed by atoms with E-state index in [1.54, 1.807) is 12.1 Å². The summed E-state index contributed by atoms with van der Waals surface area (Å²) in [7, 11) is 1.52. The molecule has 5 heteroatoms. The highest BCUT2D eigenvalue weighted by Gasteiger charge is 2.38. The van der Waals surface area contributed by atoms with E-state index in [2.05, 4.69) is 11.8 Å². The van der Waals surface area contributed by atoms with Crippen molar-refractivity contribution in [3.8, 4) is 5.75 Å². The first kappa shape index (κ1) is 16.9. The van der Waals surface area contributed by atoms with Gasteiger partial charge in [0.05, 0.1) is 17.2 Å². The fraction of sp³-hybridized carbons (Fsp3) is 0.611. The van der Waals surface area contributed by atoms with Gasteiger partial charge in [-0.3, -0.25) is 4.79 Å². The van der Waals surface area contributed by atoms with Crippen LogP contribution < -0.4 is 4.74 Å². The quantitative estimate of drug-likeness (QED) is 0.743. The van der Waals surface area contributed by atoms with Crippen LogP contribution in [0.5, 0.6) is 5.75 Å². The number of ether oxygens (including phenoxy) is 1. The third-order valence-corrected chi connectivity index (χ3v) is 5.85. The zero-order valence-corrected chi connectivity index (χ0v) is 15.2. The molecule has 3 atom stereocenters. The van der Waals surface area contributed by atoms with Gasteiger partial charge in [-0.1, -0.05) is 30.1 Å². The van der Waals surface area contributed by atoms with Gasteiger partial charge in [0.1, 0.15) is 0 Å². The van der Waals surface area contributed by atoms with Crippen molar-refractivity contribution in [3.63, 3.8) is 0 Å². The first-order valence-corrected chi connectivity index (χ1v) is 9.11. The largest absolute Gasteiger partial charge is 0.494 e. The first-order chi connectivity index (χ1) is 11.0. The number of halogens is 2. The summed E-state index contributed by atoms with van der Waals surface area (Å²) in [5.41, 5.74) is 0.556. The van der Waals surface area contributed by atoms with E-state index in [0.717, 1.165) is 25.3 Å². The Hall–Kier alpha value is -0.930. The van der Waals surface area contributed by atoms with Crippen molar-refractivity contribution in [2.24, 2.45) is 11.8 Å². The highest BCUT2D eigenvalue weighted by molar-refractivity contribution is 6.37. The number of hydrogen-bond donors (Lipinski definition) is 0. The summed E-state index contributed by atoms with van der Waals surface area (Å²) < 4.78 is 5.16. The number of amides is 1. The van der Waals surface area contributed by atoms with E-state index in [-0.39, 0.29) is 5.91 Å². The maximum atomic E-state index is 13.0. The number of nitrogens with zero attached hydrogens (tertiary/aromatic N) is 1. The zero-order chi connectivity index (χ0) is 16.6. The summed E-state index contributed by atoms with van der Waals surface area (Å²) in [4.78, 5) is 15.1. The molecule has 1 aromatic rings. The molecular weight excluding hydrogens is 333 g/mol. The molecule has 1 aliphatic heterocycles. The Labute approximate surface area is 147 Å². The predicted molar refractivity (Wildman–Crippen MR) is 93.6 cm³/mol. The number of carbonyl (C=O) groups excluding carboxylic acids is 1. The standard InChI is InChI=1S/C18H23Cl2NO2/c1-11-5-6-16-12(8-11)4-3-7-21(16)18(22)13-9-14(19)17(23-2)15(20)10-13/h9-12,16H,3-8H2,1-2H3/t11-,12+,16+/m0/s1. The van der Waals surface area contributed by atoms with Crippen molar-refractivity contribution in [1.82, 2.24) is 4.90 Å². The molecule has 1 saturated carbocycles. The average Bonchev–Trinajstić information content (AvgIpc) is 2.53. The van der Waals surface area contributed by atoms with Gasteiger partial charge in [0.15, 0.2) is 5.75 Å². The lowest BCUT2D eigenvalue weighted by molar-refractivity contribution is 0.0322. The molecule has 3 nitrogen and oxygen atoms in total. The van der Waals surface area contributed by atoms with E-state index >= 15 is 0 Å². The Morgan fingerprint density at radius 3 is 2.57 bits per heavy atom. The number of fused-ring (bicyclic) bond motifs is 1. The molecule has 0 bridgehead atoms. The zero-order valence-electron chi connectivity index (χ0n) is 13.6. The molecule has 0 spiro atoms. The van der Waals surface area contributed by atoms with Crippen molar-refractivity contribution in [2.75, 3.05) is 13.7 Å².